The number of methoxy groups -OCH3 is 1. The van der Waals surface area contributed by atoms with Crippen molar-refractivity contribution in [1.82, 2.24) is 4.90 Å². The van der Waals surface area contributed by atoms with Crippen LogP contribution in [0.25, 0.3) is 0 Å². The van der Waals surface area contributed by atoms with Gasteiger partial charge >= 0.3 is 12.3 Å². The fraction of sp³-hybridized carbons (Fsp3) is 0.381. The number of carbonyl (C=O) groups is 1. The molecule has 0 atom stereocenters. The summed E-state index contributed by atoms with van der Waals surface area (Å²) in [5.74, 6) is 0.649. The first-order valence-corrected chi connectivity index (χ1v) is 8.75. The van der Waals surface area contributed by atoms with E-state index >= 15 is 0 Å². The summed E-state index contributed by atoms with van der Waals surface area (Å²) in [6.07, 6.45) is -4.94. The molecule has 0 heterocycles. The van der Waals surface area contributed by atoms with E-state index in [-0.39, 0.29) is 13.1 Å². The van der Waals surface area contributed by atoms with Crippen LogP contribution in [0.4, 0.5) is 18.0 Å². The summed E-state index contributed by atoms with van der Waals surface area (Å²) >= 11 is 0. The molecule has 7 heteroatoms. The number of nitrogens with zero attached hydrogens (tertiary/aromatic N) is 1. The Balaban J connectivity index is 2.23. The summed E-state index contributed by atoms with van der Waals surface area (Å²) < 4.78 is 48.9. The molecule has 1 amide bonds. The zero-order valence-corrected chi connectivity index (χ0v) is 16.3. The van der Waals surface area contributed by atoms with Gasteiger partial charge < -0.3 is 9.47 Å². The highest BCUT2D eigenvalue weighted by molar-refractivity contribution is 5.68. The summed E-state index contributed by atoms with van der Waals surface area (Å²) in [4.78, 5) is 14.1. The SMILES string of the molecule is COc1cccc(CN(Cc2ccc(C(F)(F)F)cc2)C(=O)OC(C)(C)C)c1. The Hall–Kier alpha value is -2.70. The lowest BCUT2D eigenvalue weighted by molar-refractivity contribution is -0.137. The fourth-order valence-electron chi connectivity index (χ4n) is 2.52. The third-order valence-electron chi connectivity index (χ3n) is 3.81. The normalized spacial score (nSPS) is 11.8. The summed E-state index contributed by atoms with van der Waals surface area (Å²) in [7, 11) is 1.55. The first kappa shape index (κ1) is 21.6. The van der Waals surface area contributed by atoms with E-state index in [1.54, 1.807) is 46.1 Å². The van der Waals surface area contributed by atoms with Gasteiger partial charge in [0.1, 0.15) is 11.4 Å². The minimum absolute atomic E-state index is 0.115. The number of rotatable bonds is 5. The molecule has 0 aromatic heterocycles. The van der Waals surface area contributed by atoms with Crippen molar-refractivity contribution in [2.24, 2.45) is 0 Å². The van der Waals surface area contributed by atoms with Crippen LogP contribution in [0.1, 0.15) is 37.5 Å². The third-order valence-corrected chi connectivity index (χ3v) is 3.81. The monoisotopic (exact) mass is 395 g/mol. The number of benzene rings is 2. The Morgan fingerprint density at radius 2 is 1.57 bits per heavy atom. The molecule has 0 N–H and O–H groups in total. The zero-order chi connectivity index (χ0) is 20.9. The average molecular weight is 395 g/mol. The first-order valence-electron chi connectivity index (χ1n) is 8.75. The predicted molar refractivity (Wildman–Crippen MR) is 99.9 cm³/mol. The minimum atomic E-state index is -4.40. The molecule has 0 unspecified atom stereocenters. The topological polar surface area (TPSA) is 38.8 Å². The van der Waals surface area contributed by atoms with Crippen molar-refractivity contribution < 1.29 is 27.4 Å². The molecule has 0 radical (unpaired) electrons. The second-order valence-corrected chi connectivity index (χ2v) is 7.38. The Morgan fingerprint density at radius 1 is 0.964 bits per heavy atom. The largest absolute Gasteiger partial charge is 0.497 e. The highest BCUT2D eigenvalue weighted by Crippen LogP contribution is 2.29. The fourth-order valence-corrected chi connectivity index (χ4v) is 2.52. The standard InChI is InChI=1S/C21H24F3NO3/c1-20(2,3)28-19(26)25(14-16-6-5-7-18(12-16)27-4)13-15-8-10-17(11-9-15)21(22,23)24/h5-12H,13-14H2,1-4H3. The molecule has 2 aromatic carbocycles. The van der Waals surface area contributed by atoms with Crippen molar-refractivity contribution in [3.63, 3.8) is 0 Å². The summed E-state index contributed by atoms with van der Waals surface area (Å²) in [5, 5.41) is 0. The molecule has 4 nitrogen and oxygen atoms in total. The third kappa shape index (κ3) is 6.48. The van der Waals surface area contributed by atoms with Crippen LogP contribution in [0.15, 0.2) is 48.5 Å². The molecule has 2 aromatic rings. The molecule has 152 valence electrons. The lowest BCUT2D eigenvalue weighted by Gasteiger charge is -2.28. The molecule has 0 saturated carbocycles. The van der Waals surface area contributed by atoms with Gasteiger partial charge in [-0.2, -0.15) is 13.2 Å². The Morgan fingerprint density at radius 3 is 2.11 bits per heavy atom. The number of halogens is 3. The van der Waals surface area contributed by atoms with Crippen LogP contribution in [-0.4, -0.2) is 23.7 Å². The number of ether oxygens (including phenoxy) is 2. The van der Waals surface area contributed by atoms with Gasteiger partial charge in [0.25, 0.3) is 0 Å². The van der Waals surface area contributed by atoms with Crippen molar-refractivity contribution in [3.8, 4) is 5.75 Å². The zero-order valence-electron chi connectivity index (χ0n) is 16.3. The van der Waals surface area contributed by atoms with E-state index in [0.29, 0.717) is 11.3 Å². The molecule has 0 saturated heterocycles. The molecule has 0 bridgehead atoms. The predicted octanol–water partition coefficient (Wildman–Crippen LogP) is 5.65. The molecule has 0 aliphatic heterocycles. The molecule has 0 fully saturated rings. The number of hydrogen-bond acceptors (Lipinski definition) is 3. The minimum Gasteiger partial charge on any atom is -0.497 e. The lowest BCUT2D eigenvalue weighted by Crippen LogP contribution is -2.36. The van der Waals surface area contributed by atoms with Crippen LogP contribution in [0.3, 0.4) is 0 Å². The summed E-state index contributed by atoms with van der Waals surface area (Å²) in [5.41, 5.74) is -0.0316. The van der Waals surface area contributed by atoms with Gasteiger partial charge in [0.15, 0.2) is 0 Å². The van der Waals surface area contributed by atoms with Crippen LogP contribution in [-0.2, 0) is 24.0 Å². The van der Waals surface area contributed by atoms with Gasteiger partial charge in [-0.05, 0) is 56.2 Å². The number of alkyl halides is 3. The van der Waals surface area contributed by atoms with Crippen molar-refractivity contribution in [2.75, 3.05) is 7.11 Å². The lowest BCUT2D eigenvalue weighted by atomic mass is 10.1. The average Bonchev–Trinajstić information content (AvgIpc) is 2.59. The highest BCUT2D eigenvalue weighted by Gasteiger charge is 2.30. The molecular formula is C21H24F3NO3. The van der Waals surface area contributed by atoms with Crippen LogP contribution in [0, 0.1) is 0 Å². The van der Waals surface area contributed by atoms with E-state index in [2.05, 4.69) is 0 Å². The molecular weight excluding hydrogens is 371 g/mol. The van der Waals surface area contributed by atoms with Gasteiger partial charge in [0.05, 0.1) is 12.7 Å². The number of amides is 1. The van der Waals surface area contributed by atoms with E-state index < -0.39 is 23.4 Å². The maximum Gasteiger partial charge on any atom is 0.416 e. The quantitative estimate of drug-likeness (QED) is 0.657. The molecule has 0 aliphatic rings. The van der Waals surface area contributed by atoms with Crippen LogP contribution in [0.5, 0.6) is 5.75 Å². The Kier molecular flexibility index (Phi) is 6.59. The molecule has 2 rings (SSSR count). The molecule has 28 heavy (non-hydrogen) atoms. The second-order valence-electron chi connectivity index (χ2n) is 7.38. The van der Waals surface area contributed by atoms with Gasteiger partial charge in [-0.15, -0.1) is 0 Å². The van der Waals surface area contributed by atoms with Crippen molar-refractivity contribution >= 4 is 6.09 Å². The van der Waals surface area contributed by atoms with Crippen LogP contribution < -0.4 is 4.74 Å². The van der Waals surface area contributed by atoms with Crippen LogP contribution in [0.2, 0.25) is 0 Å². The van der Waals surface area contributed by atoms with E-state index in [9.17, 15) is 18.0 Å². The van der Waals surface area contributed by atoms with Gasteiger partial charge in [0, 0.05) is 13.1 Å². The smallest absolute Gasteiger partial charge is 0.416 e. The Labute approximate surface area is 162 Å². The van der Waals surface area contributed by atoms with Gasteiger partial charge in [-0.3, -0.25) is 4.90 Å². The van der Waals surface area contributed by atoms with Crippen molar-refractivity contribution in [1.29, 1.82) is 0 Å². The number of carbonyl (C=O) groups excluding carboxylic acids is 1. The van der Waals surface area contributed by atoms with Gasteiger partial charge in [-0.1, -0.05) is 24.3 Å². The van der Waals surface area contributed by atoms with E-state index in [4.69, 9.17) is 9.47 Å². The maximum atomic E-state index is 12.8. The first-order chi connectivity index (χ1) is 13.0. The van der Waals surface area contributed by atoms with Crippen molar-refractivity contribution in [3.05, 3.63) is 65.2 Å². The summed E-state index contributed by atoms with van der Waals surface area (Å²) in [6.45, 7) is 5.61. The van der Waals surface area contributed by atoms with E-state index in [0.717, 1.165) is 17.7 Å². The Bertz CT molecular complexity index is 796. The second kappa shape index (κ2) is 8.54. The number of hydrogen-bond donors (Lipinski definition) is 0. The van der Waals surface area contributed by atoms with Crippen molar-refractivity contribution in [2.45, 2.75) is 45.6 Å². The van der Waals surface area contributed by atoms with E-state index in [1.807, 2.05) is 6.07 Å². The van der Waals surface area contributed by atoms with Crippen LogP contribution >= 0.6 is 0 Å². The van der Waals surface area contributed by atoms with Gasteiger partial charge in [-0.25, -0.2) is 4.79 Å². The van der Waals surface area contributed by atoms with E-state index in [1.165, 1.54) is 17.0 Å². The van der Waals surface area contributed by atoms with Gasteiger partial charge in [0.2, 0.25) is 0 Å². The highest BCUT2D eigenvalue weighted by atomic mass is 19.4. The summed E-state index contributed by atoms with van der Waals surface area (Å²) in [6, 6.07) is 12.0. The molecule has 0 spiro atoms. The molecule has 0 aliphatic carbocycles. The maximum absolute atomic E-state index is 12.8.